The molecule has 3 rings (SSSR count). The van der Waals surface area contributed by atoms with Crippen LogP contribution in [0.15, 0.2) is 29.2 Å². The average molecular weight is 423 g/mol. The molecule has 1 fully saturated rings. The number of piperidine rings is 1. The summed E-state index contributed by atoms with van der Waals surface area (Å²) in [6.45, 7) is 5.10. The third-order valence-electron chi connectivity index (χ3n) is 4.94. The lowest BCUT2D eigenvalue weighted by molar-refractivity contribution is 0.103. The first kappa shape index (κ1) is 20.8. The molecule has 0 bridgehead atoms. The van der Waals surface area contributed by atoms with Gasteiger partial charge in [0.2, 0.25) is 10.0 Å². The van der Waals surface area contributed by atoms with Gasteiger partial charge < -0.3 is 10.1 Å². The van der Waals surface area contributed by atoms with Crippen LogP contribution in [0.4, 0.5) is 5.69 Å². The van der Waals surface area contributed by atoms with Crippen molar-refractivity contribution in [2.24, 2.45) is 0 Å². The number of nitrogens with one attached hydrogen (secondary N) is 1. The largest absolute Gasteiger partial charge is 0.495 e. The van der Waals surface area contributed by atoms with Crippen LogP contribution in [-0.2, 0) is 16.4 Å². The van der Waals surface area contributed by atoms with Crippen LogP contribution in [0.3, 0.4) is 0 Å². The van der Waals surface area contributed by atoms with Crippen LogP contribution in [0.1, 0.15) is 46.3 Å². The number of benzene rings is 1. The zero-order valence-electron chi connectivity index (χ0n) is 16.4. The van der Waals surface area contributed by atoms with E-state index in [1.54, 1.807) is 6.07 Å². The number of carbonyl (C=O) groups excluding carboxylic acids is 1. The standard InChI is InChI=1S/C20H26N2O4S2/c1-4-18-14(2)12-19(27-18)20(23)21-16-13-15(8-9-17(16)26-3)28(24,25)22-10-6-5-7-11-22/h8-9,12-13H,4-7,10-11H2,1-3H3,(H,21,23). The first-order valence-electron chi connectivity index (χ1n) is 9.45. The van der Waals surface area contributed by atoms with Crippen LogP contribution < -0.4 is 10.1 Å². The quantitative estimate of drug-likeness (QED) is 0.762. The maximum Gasteiger partial charge on any atom is 0.265 e. The van der Waals surface area contributed by atoms with Crippen molar-refractivity contribution in [3.8, 4) is 5.75 Å². The van der Waals surface area contributed by atoms with Gasteiger partial charge in [-0.25, -0.2) is 8.42 Å². The van der Waals surface area contributed by atoms with Gasteiger partial charge in [0, 0.05) is 18.0 Å². The minimum absolute atomic E-state index is 0.169. The molecule has 1 aliphatic rings. The Kier molecular flexibility index (Phi) is 6.42. The lowest BCUT2D eigenvalue weighted by Gasteiger charge is -2.26. The van der Waals surface area contributed by atoms with Crippen molar-refractivity contribution >= 4 is 33.0 Å². The molecule has 0 aliphatic carbocycles. The maximum absolute atomic E-state index is 13.0. The van der Waals surface area contributed by atoms with Crippen molar-refractivity contribution in [2.45, 2.75) is 44.4 Å². The molecule has 1 aromatic heterocycles. The van der Waals surface area contributed by atoms with Crippen LogP contribution in [0.2, 0.25) is 0 Å². The van der Waals surface area contributed by atoms with E-state index < -0.39 is 10.0 Å². The highest BCUT2D eigenvalue weighted by atomic mass is 32.2. The zero-order chi connectivity index (χ0) is 20.3. The fourth-order valence-corrected chi connectivity index (χ4v) is 5.92. The highest BCUT2D eigenvalue weighted by molar-refractivity contribution is 7.89. The summed E-state index contributed by atoms with van der Waals surface area (Å²) in [7, 11) is -2.09. The van der Waals surface area contributed by atoms with E-state index in [1.807, 2.05) is 13.0 Å². The van der Waals surface area contributed by atoms with E-state index in [0.29, 0.717) is 29.4 Å². The Balaban J connectivity index is 1.89. The van der Waals surface area contributed by atoms with Gasteiger partial charge >= 0.3 is 0 Å². The van der Waals surface area contributed by atoms with Gasteiger partial charge in [0.15, 0.2) is 0 Å². The average Bonchev–Trinajstić information content (AvgIpc) is 3.09. The topological polar surface area (TPSA) is 75.7 Å². The summed E-state index contributed by atoms with van der Waals surface area (Å²) >= 11 is 1.45. The SMILES string of the molecule is CCc1sc(C(=O)Nc2cc(S(=O)(=O)N3CCCCC3)ccc2OC)cc1C. The third kappa shape index (κ3) is 4.24. The molecule has 1 amide bonds. The molecule has 1 N–H and O–H groups in total. The van der Waals surface area contributed by atoms with Crippen LogP contribution in [-0.4, -0.2) is 38.8 Å². The number of anilines is 1. The Hall–Kier alpha value is -1.90. The van der Waals surface area contributed by atoms with Gasteiger partial charge in [-0.2, -0.15) is 4.31 Å². The molecule has 0 spiro atoms. The second-order valence-corrected chi connectivity index (χ2v) is 9.93. The van der Waals surface area contributed by atoms with E-state index in [2.05, 4.69) is 12.2 Å². The summed E-state index contributed by atoms with van der Waals surface area (Å²) in [5, 5.41) is 2.82. The number of hydrogen-bond donors (Lipinski definition) is 1. The molecular weight excluding hydrogens is 396 g/mol. The van der Waals surface area contributed by atoms with E-state index in [0.717, 1.165) is 31.2 Å². The van der Waals surface area contributed by atoms with Crippen LogP contribution in [0.5, 0.6) is 5.75 Å². The molecular formula is C20H26N2O4S2. The minimum Gasteiger partial charge on any atom is -0.495 e. The Morgan fingerprint density at radius 3 is 2.54 bits per heavy atom. The molecule has 2 heterocycles. The van der Waals surface area contributed by atoms with Crippen molar-refractivity contribution in [3.63, 3.8) is 0 Å². The normalized spacial score (nSPS) is 15.4. The van der Waals surface area contributed by atoms with Crippen molar-refractivity contribution < 1.29 is 17.9 Å². The van der Waals surface area contributed by atoms with Crippen molar-refractivity contribution in [2.75, 3.05) is 25.5 Å². The summed E-state index contributed by atoms with van der Waals surface area (Å²) in [6.07, 6.45) is 3.67. The van der Waals surface area contributed by atoms with Crippen molar-refractivity contribution in [3.05, 3.63) is 39.6 Å². The summed E-state index contributed by atoms with van der Waals surface area (Å²) in [5.74, 6) is 0.161. The minimum atomic E-state index is -3.59. The number of aryl methyl sites for hydroxylation is 2. The highest BCUT2D eigenvalue weighted by Gasteiger charge is 2.27. The summed E-state index contributed by atoms with van der Waals surface area (Å²) in [5.41, 5.74) is 1.45. The van der Waals surface area contributed by atoms with Gasteiger partial charge in [-0.15, -0.1) is 11.3 Å². The van der Waals surface area contributed by atoms with Crippen molar-refractivity contribution in [1.29, 1.82) is 0 Å². The van der Waals surface area contributed by atoms with Crippen molar-refractivity contribution in [1.82, 2.24) is 4.31 Å². The summed E-state index contributed by atoms with van der Waals surface area (Å²) < 4.78 is 32.8. The number of amides is 1. The second kappa shape index (κ2) is 8.63. The molecule has 0 saturated carbocycles. The zero-order valence-corrected chi connectivity index (χ0v) is 18.1. The van der Waals surface area contributed by atoms with Crippen LogP contribution >= 0.6 is 11.3 Å². The molecule has 152 valence electrons. The number of thiophene rings is 1. The van der Waals surface area contributed by atoms with E-state index in [1.165, 1.54) is 39.8 Å². The molecule has 1 aromatic carbocycles. The molecule has 0 atom stereocenters. The number of hydrogen-bond acceptors (Lipinski definition) is 5. The maximum atomic E-state index is 13.0. The molecule has 8 heteroatoms. The predicted molar refractivity (Wildman–Crippen MR) is 112 cm³/mol. The number of sulfonamides is 1. The molecule has 6 nitrogen and oxygen atoms in total. The van der Waals surface area contributed by atoms with Gasteiger partial charge in [0.1, 0.15) is 5.75 Å². The van der Waals surface area contributed by atoms with E-state index >= 15 is 0 Å². The number of carbonyl (C=O) groups is 1. The lowest BCUT2D eigenvalue weighted by Crippen LogP contribution is -2.35. The summed E-state index contributed by atoms with van der Waals surface area (Å²) in [4.78, 5) is 14.6. The van der Waals surface area contributed by atoms with Gasteiger partial charge in [0.05, 0.1) is 22.6 Å². The predicted octanol–water partition coefficient (Wildman–Crippen LogP) is 4.05. The molecule has 28 heavy (non-hydrogen) atoms. The van der Waals surface area contributed by atoms with Crippen LogP contribution in [0.25, 0.3) is 0 Å². The molecule has 2 aromatic rings. The van der Waals surface area contributed by atoms with Gasteiger partial charge in [-0.3, -0.25) is 4.79 Å². The number of nitrogens with zero attached hydrogens (tertiary/aromatic N) is 1. The molecule has 1 aliphatic heterocycles. The summed E-state index contributed by atoms with van der Waals surface area (Å²) in [6, 6.07) is 6.47. The number of rotatable bonds is 6. The molecule has 1 saturated heterocycles. The fraction of sp³-hybridized carbons (Fsp3) is 0.450. The number of ether oxygens (including phenoxy) is 1. The Morgan fingerprint density at radius 2 is 1.93 bits per heavy atom. The van der Waals surface area contributed by atoms with E-state index in [9.17, 15) is 13.2 Å². The van der Waals surface area contributed by atoms with E-state index in [-0.39, 0.29) is 10.8 Å². The van der Waals surface area contributed by atoms with Gasteiger partial charge in [-0.1, -0.05) is 13.3 Å². The smallest absolute Gasteiger partial charge is 0.265 e. The third-order valence-corrected chi connectivity index (χ3v) is 8.21. The molecule has 0 radical (unpaired) electrons. The van der Waals surface area contributed by atoms with Crippen LogP contribution in [0, 0.1) is 6.92 Å². The first-order chi connectivity index (χ1) is 13.4. The monoisotopic (exact) mass is 422 g/mol. The molecule has 0 unspecified atom stereocenters. The number of methoxy groups -OCH3 is 1. The highest BCUT2D eigenvalue weighted by Crippen LogP contribution is 2.31. The lowest BCUT2D eigenvalue weighted by atomic mass is 10.2. The Bertz CT molecular complexity index is 961. The van der Waals surface area contributed by atoms with Gasteiger partial charge in [-0.05, 0) is 56.0 Å². The second-order valence-electron chi connectivity index (χ2n) is 6.85. The Labute approximate surface area is 170 Å². The van der Waals surface area contributed by atoms with E-state index in [4.69, 9.17) is 4.74 Å². The Morgan fingerprint density at radius 1 is 1.21 bits per heavy atom. The van der Waals surface area contributed by atoms with Gasteiger partial charge in [0.25, 0.3) is 5.91 Å². The fourth-order valence-electron chi connectivity index (χ4n) is 3.37. The first-order valence-corrected chi connectivity index (χ1v) is 11.7.